The van der Waals surface area contributed by atoms with E-state index in [1.807, 2.05) is 78.9 Å². The number of para-hydroxylation sites is 2. The number of anilines is 1. The van der Waals surface area contributed by atoms with E-state index in [1.165, 1.54) is 0 Å². The minimum atomic E-state index is -0.941. The molecule has 0 aliphatic carbocycles. The van der Waals surface area contributed by atoms with Crippen LogP contribution in [0, 0.1) is 0 Å². The molecule has 1 amide bonds. The Bertz CT molecular complexity index is 1060. The standard InChI is InChI=1S/C26H27N3O2/c30-25-26(20-8-2-1-3-9-20,21-10-4-6-12-23(21)28-25)22-11-5-7-13-24(22)31-19-18-29-16-14-27-15-17-29/h1-13,27H,14-19H2,(H,28,30). The van der Waals surface area contributed by atoms with Crippen LogP contribution in [0.1, 0.15) is 16.7 Å². The second-order valence-corrected chi connectivity index (χ2v) is 8.05. The number of fused-ring (bicyclic) bond motifs is 1. The topological polar surface area (TPSA) is 53.6 Å². The van der Waals surface area contributed by atoms with Gasteiger partial charge >= 0.3 is 0 Å². The summed E-state index contributed by atoms with van der Waals surface area (Å²) in [7, 11) is 0. The maximum Gasteiger partial charge on any atom is 0.244 e. The highest BCUT2D eigenvalue weighted by Gasteiger charge is 2.51. The maximum atomic E-state index is 13.6. The van der Waals surface area contributed by atoms with Crippen LogP contribution in [0.25, 0.3) is 0 Å². The van der Waals surface area contributed by atoms with Crippen molar-refractivity contribution >= 4 is 11.6 Å². The lowest BCUT2D eigenvalue weighted by Crippen LogP contribution is -2.45. The fraction of sp³-hybridized carbons (Fsp3) is 0.269. The molecule has 2 aliphatic rings. The van der Waals surface area contributed by atoms with Crippen LogP contribution in [-0.4, -0.2) is 50.1 Å². The molecule has 5 nitrogen and oxygen atoms in total. The summed E-state index contributed by atoms with van der Waals surface area (Å²) < 4.78 is 6.32. The molecule has 3 aromatic carbocycles. The molecule has 2 aliphatic heterocycles. The van der Waals surface area contributed by atoms with Crippen LogP contribution in [0.3, 0.4) is 0 Å². The van der Waals surface area contributed by atoms with Crippen LogP contribution in [0.4, 0.5) is 5.69 Å². The first kappa shape index (κ1) is 19.8. The van der Waals surface area contributed by atoms with E-state index < -0.39 is 5.41 Å². The molecule has 1 unspecified atom stereocenters. The number of hydrogen-bond acceptors (Lipinski definition) is 4. The summed E-state index contributed by atoms with van der Waals surface area (Å²) >= 11 is 0. The van der Waals surface area contributed by atoms with Crippen LogP contribution in [0.5, 0.6) is 5.75 Å². The number of hydrogen-bond donors (Lipinski definition) is 2. The third-order valence-electron chi connectivity index (χ3n) is 6.29. The molecule has 5 rings (SSSR count). The Hall–Kier alpha value is -3.15. The van der Waals surface area contributed by atoms with E-state index in [-0.39, 0.29) is 5.91 Å². The number of amides is 1. The minimum Gasteiger partial charge on any atom is -0.492 e. The van der Waals surface area contributed by atoms with E-state index in [9.17, 15) is 4.79 Å². The van der Waals surface area contributed by atoms with Crippen molar-refractivity contribution in [2.75, 3.05) is 44.6 Å². The van der Waals surface area contributed by atoms with Crippen molar-refractivity contribution in [2.24, 2.45) is 0 Å². The number of rotatable bonds is 6. The number of nitrogens with zero attached hydrogens (tertiary/aromatic N) is 1. The Kier molecular flexibility index (Phi) is 5.45. The molecular formula is C26H27N3O2. The van der Waals surface area contributed by atoms with Crippen LogP contribution in [0.15, 0.2) is 78.9 Å². The first-order valence-corrected chi connectivity index (χ1v) is 10.9. The highest BCUT2D eigenvalue weighted by Crippen LogP contribution is 2.50. The third-order valence-corrected chi connectivity index (χ3v) is 6.29. The van der Waals surface area contributed by atoms with Gasteiger partial charge in [-0.2, -0.15) is 0 Å². The summed E-state index contributed by atoms with van der Waals surface area (Å²) in [5.74, 6) is 0.714. The molecule has 5 heteroatoms. The fourth-order valence-electron chi connectivity index (χ4n) is 4.78. The molecular weight excluding hydrogens is 386 g/mol. The van der Waals surface area contributed by atoms with Gasteiger partial charge in [0.15, 0.2) is 0 Å². The van der Waals surface area contributed by atoms with E-state index in [0.29, 0.717) is 6.61 Å². The molecule has 2 heterocycles. The molecule has 2 N–H and O–H groups in total. The van der Waals surface area contributed by atoms with Crippen molar-refractivity contribution in [1.82, 2.24) is 10.2 Å². The van der Waals surface area contributed by atoms with Gasteiger partial charge in [-0.1, -0.05) is 66.7 Å². The van der Waals surface area contributed by atoms with Gasteiger partial charge in [0.1, 0.15) is 17.8 Å². The molecule has 1 saturated heterocycles. The van der Waals surface area contributed by atoms with Crippen LogP contribution in [-0.2, 0) is 10.2 Å². The van der Waals surface area contributed by atoms with Crippen molar-refractivity contribution in [3.05, 3.63) is 95.6 Å². The van der Waals surface area contributed by atoms with Gasteiger partial charge in [0.2, 0.25) is 5.91 Å². The average Bonchev–Trinajstić information content (AvgIpc) is 3.13. The second-order valence-electron chi connectivity index (χ2n) is 8.05. The Morgan fingerprint density at radius 2 is 1.52 bits per heavy atom. The largest absolute Gasteiger partial charge is 0.492 e. The van der Waals surface area contributed by atoms with Crippen molar-refractivity contribution in [2.45, 2.75) is 5.41 Å². The van der Waals surface area contributed by atoms with Gasteiger partial charge in [-0.25, -0.2) is 0 Å². The molecule has 3 aromatic rings. The number of benzene rings is 3. The Morgan fingerprint density at radius 1 is 0.839 bits per heavy atom. The van der Waals surface area contributed by atoms with Crippen molar-refractivity contribution in [3.63, 3.8) is 0 Å². The zero-order chi connectivity index (χ0) is 21.1. The summed E-state index contributed by atoms with van der Waals surface area (Å²) in [4.78, 5) is 16.1. The zero-order valence-corrected chi connectivity index (χ0v) is 17.5. The summed E-state index contributed by atoms with van der Waals surface area (Å²) in [6.07, 6.45) is 0. The second kappa shape index (κ2) is 8.53. The molecule has 0 aromatic heterocycles. The lowest BCUT2D eigenvalue weighted by atomic mass is 9.70. The minimum absolute atomic E-state index is 0.0435. The molecule has 0 radical (unpaired) electrons. The lowest BCUT2D eigenvalue weighted by molar-refractivity contribution is -0.118. The number of piperazine rings is 1. The lowest BCUT2D eigenvalue weighted by Gasteiger charge is -2.31. The highest BCUT2D eigenvalue weighted by atomic mass is 16.5. The van der Waals surface area contributed by atoms with Gasteiger partial charge < -0.3 is 15.4 Å². The average molecular weight is 414 g/mol. The molecule has 1 atom stereocenters. The van der Waals surface area contributed by atoms with E-state index in [0.717, 1.165) is 60.9 Å². The van der Waals surface area contributed by atoms with Gasteiger partial charge in [0.05, 0.1) is 0 Å². The molecule has 0 spiro atoms. The number of nitrogens with one attached hydrogen (secondary N) is 2. The monoisotopic (exact) mass is 413 g/mol. The Morgan fingerprint density at radius 3 is 2.32 bits per heavy atom. The van der Waals surface area contributed by atoms with Gasteiger partial charge in [0.25, 0.3) is 0 Å². The van der Waals surface area contributed by atoms with Crippen LogP contribution >= 0.6 is 0 Å². The van der Waals surface area contributed by atoms with E-state index in [2.05, 4.69) is 15.5 Å². The molecule has 0 bridgehead atoms. The number of carbonyl (C=O) groups is 1. The van der Waals surface area contributed by atoms with Crippen LogP contribution in [0.2, 0.25) is 0 Å². The number of ether oxygens (including phenoxy) is 1. The van der Waals surface area contributed by atoms with E-state index in [4.69, 9.17) is 4.74 Å². The third kappa shape index (κ3) is 3.50. The predicted octanol–water partition coefficient (Wildman–Crippen LogP) is 3.26. The molecule has 31 heavy (non-hydrogen) atoms. The Balaban J connectivity index is 1.55. The normalized spacial score (nSPS) is 20.8. The first-order chi connectivity index (χ1) is 15.3. The summed E-state index contributed by atoms with van der Waals surface area (Å²) in [6, 6.07) is 25.9. The predicted molar refractivity (Wildman–Crippen MR) is 123 cm³/mol. The van der Waals surface area contributed by atoms with E-state index >= 15 is 0 Å². The van der Waals surface area contributed by atoms with Gasteiger partial charge in [-0.05, 0) is 17.7 Å². The van der Waals surface area contributed by atoms with Crippen LogP contribution < -0.4 is 15.4 Å². The van der Waals surface area contributed by atoms with Crippen molar-refractivity contribution < 1.29 is 9.53 Å². The summed E-state index contributed by atoms with van der Waals surface area (Å²) in [6.45, 7) is 5.57. The maximum absolute atomic E-state index is 13.6. The van der Waals surface area contributed by atoms with Gasteiger partial charge in [-0.3, -0.25) is 9.69 Å². The molecule has 1 fully saturated rings. The first-order valence-electron chi connectivity index (χ1n) is 10.9. The van der Waals surface area contributed by atoms with Crippen molar-refractivity contribution in [3.8, 4) is 5.75 Å². The number of carbonyl (C=O) groups excluding carboxylic acids is 1. The fourth-order valence-corrected chi connectivity index (χ4v) is 4.78. The summed E-state index contributed by atoms with van der Waals surface area (Å²) in [5, 5.41) is 6.49. The zero-order valence-electron chi connectivity index (χ0n) is 17.5. The quantitative estimate of drug-likeness (QED) is 0.651. The SMILES string of the molecule is O=C1Nc2ccccc2C1(c1ccccc1)c1ccccc1OCCN1CCNCC1. The van der Waals surface area contributed by atoms with Crippen molar-refractivity contribution in [1.29, 1.82) is 0 Å². The smallest absolute Gasteiger partial charge is 0.244 e. The van der Waals surface area contributed by atoms with E-state index in [1.54, 1.807) is 0 Å². The Labute approximate surface area is 183 Å². The molecule has 0 saturated carbocycles. The summed E-state index contributed by atoms with van der Waals surface area (Å²) in [5.41, 5.74) is 2.69. The molecule has 158 valence electrons. The van der Waals surface area contributed by atoms with Gasteiger partial charge in [-0.15, -0.1) is 0 Å². The van der Waals surface area contributed by atoms with Gasteiger partial charge in [0, 0.05) is 49.5 Å². The highest BCUT2D eigenvalue weighted by molar-refractivity contribution is 6.11.